The third-order valence-corrected chi connectivity index (χ3v) is 7.15. The van der Waals surface area contributed by atoms with E-state index in [-0.39, 0.29) is 0 Å². The highest BCUT2D eigenvalue weighted by Crippen LogP contribution is 2.21. The first-order chi connectivity index (χ1) is 19.6. The molecule has 0 bridgehead atoms. The topological polar surface area (TPSA) is 0 Å². The SMILES string of the molecule is Cc1ccc2cc(/C=C/c3ccc(C#Cc4ccc(/C=C/c5ccc6cc(C)ccc6c5)cc4)cc3)ccc2c1. The summed E-state index contributed by atoms with van der Waals surface area (Å²) in [6.07, 6.45) is 8.63. The molecule has 0 N–H and O–H groups in total. The number of hydrogen-bond acceptors (Lipinski definition) is 0. The number of hydrogen-bond donors (Lipinski definition) is 0. The van der Waals surface area contributed by atoms with E-state index in [1.54, 1.807) is 0 Å². The van der Waals surface area contributed by atoms with Gasteiger partial charge in [-0.25, -0.2) is 0 Å². The Kier molecular flexibility index (Phi) is 7.12. The maximum atomic E-state index is 3.29. The van der Waals surface area contributed by atoms with Gasteiger partial charge in [-0.3, -0.25) is 0 Å². The third kappa shape index (κ3) is 6.12. The average Bonchev–Trinajstić information content (AvgIpc) is 2.99. The van der Waals surface area contributed by atoms with Crippen molar-refractivity contribution in [1.82, 2.24) is 0 Å². The van der Waals surface area contributed by atoms with Crippen LogP contribution in [0.1, 0.15) is 44.5 Å². The van der Waals surface area contributed by atoms with Crippen molar-refractivity contribution in [2.75, 3.05) is 0 Å². The molecule has 190 valence electrons. The molecule has 0 saturated carbocycles. The maximum absolute atomic E-state index is 3.29. The molecule has 0 radical (unpaired) electrons. The lowest BCUT2D eigenvalue weighted by Crippen LogP contribution is -1.80. The fourth-order valence-corrected chi connectivity index (χ4v) is 4.86. The van der Waals surface area contributed by atoms with E-state index in [0.717, 1.165) is 22.3 Å². The van der Waals surface area contributed by atoms with Gasteiger partial charge in [0.15, 0.2) is 0 Å². The Morgan fingerprint density at radius 3 is 1.10 bits per heavy atom. The molecule has 0 heterocycles. The molecule has 0 spiro atoms. The van der Waals surface area contributed by atoms with Gasteiger partial charge in [-0.15, -0.1) is 0 Å². The van der Waals surface area contributed by atoms with Gasteiger partial charge in [-0.1, -0.05) is 132 Å². The fourth-order valence-electron chi connectivity index (χ4n) is 4.86. The number of rotatable bonds is 4. The zero-order valence-electron chi connectivity index (χ0n) is 22.9. The van der Waals surface area contributed by atoms with Gasteiger partial charge < -0.3 is 0 Å². The van der Waals surface area contributed by atoms with Crippen LogP contribution in [0.5, 0.6) is 0 Å². The number of fused-ring (bicyclic) bond motifs is 2. The van der Waals surface area contributed by atoms with Crippen LogP contribution in [-0.2, 0) is 0 Å². The van der Waals surface area contributed by atoms with E-state index in [0.29, 0.717) is 0 Å². The summed E-state index contributed by atoms with van der Waals surface area (Å²) >= 11 is 0. The molecule has 0 saturated heterocycles. The Labute approximate surface area is 237 Å². The quantitative estimate of drug-likeness (QED) is 0.163. The maximum Gasteiger partial charge on any atom is 0.0249 e. The summed E-state index contributed by atoms with van der Waals surface area (Å²) in [5.41, 5.74) is 9.31. The predicted octanol–water partition coefficient (Wildman–Crippen LogP) is 10.4. The Morgan fingerprint density at radius 1 is 0.350 bits per heavy atom. The molecule has 6 aromatic rings. The van der Waals surface area contributed by atoms with Crippen molar-refractivity contribution in [3.8, 4) is 11.8 Å². The monoisotopic (exact) mass is 510 g/mol. The van der Waals surface area contributed by atoms with Gasteiger partial charge in [0.25, 0.3) is 0 Å². The molecule has 6 rings (SSSR count). The van der Waals surface area contributed by atoms with Crippen LogP contribution >= 0.6 is 0 Å². The first-order valence-corrected chi connectivity index (χ1v) is 13.7. The highest BCUT2D eigenvalue weighted by Gasteiger charge is 1.97. The molecule has 0 aliphatic rings. The van der Waals surface area contributed by atoms with Crippen molar-refractivity contribution in [3.63, 3.8) is 0 Å². The van der Waals surface area contributed by atoms with Gasteiger partial charge >= 0.3 is 0 Å². The van der Waals surface area contributed by atoms with Gasteiger partial charge in [0.05, 0.1) is 0 Å². The second-order valence-corrected chi connectivity index (χ2v) is 10.4. The molecule has 0 aliphatic carbocycles. The standard InChI is InChI=1S/C40H30/c1-29-3-21-39-27-35(19-23-37(39)25-29)17-15-33-11-7-31(8-12-33)5-6-32-9-13-34(14-10-32)16-18-36-20-24-38-26-30(2)4-22-40(38)28-36/h3-4,7-28H,1-2H3/b17-15+,18-16+. The summed E-state index contributed by atoms with van der Waals surface area (Å²) in [4.78, 5) is 0. The Bertz CT molecular complexity index is 1790. The van der Waals surface area contributed by atoms with Gasteiger partial charge in [0.2, 0.25) is 0 Å². The molecular weight excluding hydrogens is 480 g/mol. The lowest BCUT2D eigenvalue weighted by atomic mass is 10.0. The zero-order chi connectivity index (χ0) is 27.3. The van der Waals surface area contributed by atoms with Crippen molar-refractivity contribution >= 4 is 45.8 Å². The molecule has 0 aromatic heterocycles. The first-order valence-electron chi connectivity index (χ1n) is 13.7. The fraction of sp³-hybridized carbons (Fsp3) is 0.0500. The van der Waals surface area contributed by atoms with Gasteiger partial charge in [0, 0.05) is 11.1 Å². The molecule has 0 atom stereocenters. The summed E-state index contributed by atoms with van der Waals surface area (Å²) in [5.74, 6) is 6.59. The van der Waals surface area contributed by atoms with E-state index in [2.05, 4.69) is 171 Å². The van der Waals surface area contributed by atoms with E-state index in [1.807, 2.05) is 0 Å². The van der Waals surface area contributed by atoms with E-state index < -0.39 is 0 Å². The van der Waals surface area contributed by atoms with Crippen molar-refractivity contribution in [1.29, 1.82) is 0 Å². The molecular formula is C40H30. The molecule has 40 heavy (non-hydrogen) atoms. The molecule has 0 aliphatic heterocycles. The van der Waals surface area contributed by atoms with E-state index in [9.17, 15) is 0 Å². The second kappa shape index (κ2) is 11.3. The average molecular weight is 511 g/mol. The van der Waals surface area contributed by atoms with Crippen LogP contribution in [0.4, 0.5) is 0 Å². The smallest absolute Gasteiger partial charge is 0.0249 e. The number of benzene rings is 6. The zero-order valence-corrected chi connectivity index (χ0v) is 22.9. The number of aryl methyl sites for hydroxylation is 2. The van der Waals surface area contributed by atoms with Crippen LogP contribution < -0.4 is 0 Å². The van der Waals surface area contributed by atoms with Crippen LogP contribution in [0.2, 0.25) is 0 Å². The summed E-state index contributed by atoms with van der Waals surface area (Å²) < 4.78 is 0. The summed E-state index contributed by atoms with van der Waals surface area (Å²) in [5, 5.41) is 5.09. The molecule has 0 amide bonds. The minimum Gasteiger partial charge on any atom is -0.0617 e. The van der Waals surface area contributed by atoms with Crippen LogP contribution in [0, 0.1) is 25.7 Å². The Hall–Kier alpha value is -5.12. The van der Waals surface area contributed by atoms with Crippen molar-refractivity contribution in [2.45, 2.75) is 13.8 Å². The minimum absolute atomic E-state index is 1.01. The van der Waals surface area contributed by atoms with Crippen LogP contribution in [0.25, 0.3) is 45.8 Å². The lowest BCUT2D eigenvalue weighted by molar-refractivity contribution is 1.50. The lowest BCUT2D eigenvalue weighted by Gasteiger charge is -2.01. The molecule has 0 heteroatoms. The normalized spacial score (nSPS) is 11.3. The van der Waals surface area contributed by atoms with E-state index in [4.69, 9.17) is 0 Å². The van der Waals surface area contributed by atoms with Gasteiger partial charge in [-0.05, 0) is 94.0 Å². The van der Waals surface area contributed by atoms with Crippen LogP contribution in [0.3, 0.4) is 0 Å². The van der Waals surface area contributed by atoms with Crippen LogP contribution in [-0.4, -0.2) is 0 Å². The predicted molar refractivity (Wildman–Crippen MR) is 174 cm³/mol. The van der Waals surface area contributed by atoms with Crippen molar-refractivity contribution in [3.05, 3.63) is 166 Å². The molecule has 6 aromatic carbocycles. The van der Waals surface area contributed by atoms with Crippen LogP contribution in [0.15, 0.2) is 121 Å². The van der Waals surface area contributed by atoms with Gasteiger partial charge in [-0.2, -0.15) is 0 Å². The first kappa shape index (κ1) is 25.2. The molecule has 0 fully saturated rings. The van der Waals surface area contributed by atoms with E-state index in [1.165, 1.54) is 43.8 Å². The molecule has 0 nitrogen and oxygen atoms in total. The van der Waals surface area contributed by atoms with E-state index >= 15 is 0 Å². The van der Waals surface area contributed by atoms with Crippen molar-refractivity contribution in [2.24, 2.45) is 0 Å². The van der Waals surface area contributed by atoms with Gasteiger partial charge in [0.1, 0.15) is 0 Å². The summed E-state index contributed by atoms with van der Waals surface area (Å²) in [7, 11) is 0. The summed E-state index contributed by atoms with van der Waals surface area (Å²) in [6, 6.07) is 43.1. The second-order valence-electron chi connectivity index (χ2n) is 10.4. The largest absolute Gasteiger partial charge is 0.0617 e. The Balaban J connectivity index is 1.09. The Morgan fingerprint density at radius 2 is 0.675 bits per heavy atom. The summed E-state index contributed by atoms with van der Waals surface area (Å²) in [6.45, 7) is 4.26. The highest BCUT2D eigenvalue weighted by atomic mass is 14.0. The molecule has 0 unspecified atom stereocenters. The minimum atomic E-state index is 1.01. The highest BCUT2D eigenvalue weighted by molar-refractivity contribution is 5.87. The third-order valence-electron chi connectivity index (χ3n) is 7.15. The van der Waals surface area contributed by atoms with Crippen molar-refractivity contribution < 1.29 is 0 Å².